The third-order valence-electron chi connectivity index (χ3n) is 4.08. The van der Waals surface area contributed by atoms with Gasteiger partial charge in [-0.3, -0.25) is 9.89 Å². The van der Waals surface area contributed by atoms with Gasteiger partial charge in [-0.25, -0.2) is 0 Å². The number of nitrogens with one attached hydrogen (secondary N) is 2. The second kappa shape index (κ2) is 9.19. The molecular weight excluding hydrogens is 252 g/mol. The maximum atomic E-state index is 5.36. The van der Waals surface area contributed by atoms with E-state index in [1.54, 1.807) is 0 Å². The first-order valence-corrected chi connectivity index (χ1v) is 8.23. The van der Waals surface area contributed by atoms with Crippen molar-refractivity contribution in [2.75, 3.05) is 45.9 Å². The topological polar surface area (TPSA) is 48.9 Å². The summed E-state index contributed by atoms with van der Waals surface area (Å²) in [5, 5.41) is 6.95. The smallest absolute Gasteiger partial charge is 0.191 e. The standard InChI is InChI=1S/C15H30N4O/c1-2-16-15(18-14-6-4-3-5-7-14)17-8-9-19-10-12-20-13-11-19/h14H,2-13H2,1H3,(H2,16,17,18). The SMILES string of the molecule is CCNC(=NCCN1CCOCC1)NC1CCCCC1. The highest BCUT2D eigenvalue weighted by Gasteiger charge is 2.14. The minimum atomic E-state index is 0.616. The Balaban J connectivity index is 1.72. The van der Waals surface area contributed by atoms with Gasteiger partial charge in [0.15, 0.2) is 5.96 Å². The van der Waals surface area contributed by atoms with Gasteiger partial charge < -0.3 is 15.4 Å². The Hall–Kier alpha value is -0.810. The largest absolute Gasteiger partial charge is 0.379 e. The van der Waals surface area contributed by atoms with E-state index in [-0.39, 0.29) is 0 Å². The van der Waals surface area contributed by atoms with Gasteiger partial charge in [0.25, 0.3) is 0 Å². The zero-order chi connectivity index (χ0) is 14.0. The Morgan fingerprint density at radius 3 is 2.65 bits per heavy atom. The first-order chi connectivity index (χ1) is 9.88. The van der Waals surface area contributed by atoms with Crippen LogP contribution in [0.4, 0.5) is 0 Å². The zero-order valence-corrected chi connectivity index (χ0v) is 12.9. The summed E-state index contributed by atoms with van der Waals surface area (Å²) in [5.74, 6) is 0.993. The van der Waals surface area contributed by atoms with Crippen LogP contribution in [0.1, 0.15) is 39.0 Å². The Bertz CT molecular complexity index is 284. The maximum absolute atomic E-state index is 5.36. The van der Waals surface area contributed by atoms with E-state index in [0.717, 1.165) is 51.9 Å². The molecule has 20 heavy (non-hydrogen) atoms. The van der Waals surface area contributed by atoms with E-state index >= 15 is 0 Å². The molecule has 2 N–H and O–H groups in total. The molecule has 0 radical (unpaired) electrons. The van der Waals surface area contributed by atoms with Crippen LogP contribution >= 0.6 is 0 Å². The van der Waals surface area contributed by atoms with Crippen molar-refractivity contribution in [1.82, 2.24) is 15.5 Å². The molecule has 1 saturated carbocycles. The number of aliphatic imine (C=N–C) groups is 1. The number of morpholine rings is 1. The molecule has 5 heteroatoms. The third kappa shape index (κ3) is 5.67. The molecule has 2 fully saturated rings. The van der Waals surface area contributed by atoms with E-state index in [4.69, 9.17) is 9.73 Å². The van der Waals surface area contributed by atoms with Crippen molar-refractivity contribution in [2.45, 2.75) is 45.1 Å². The van der Waals surface area contributed by atoms with Gasteiger partial charge >= 0.3 is 0 Å². The summed E-state index contributed by atoms with van der Waals surface area (Å²) < 4.78 is 5.36. The maximum Gasteiger partial charge on any atom is 0.191 e. The molecule has 116 valence electrons. The van der Waals surface area contributed by atoms with E-state index < -0.39 is 0 Å². The monoisotopic (exact) mass is 282 g/mol. The van der Waals surface area contributed by atoms with E-state index in [1.165, 1.54) is 32.1 Å². The van der Waals surface area contributed by atoms with E-state index in [9.17, 15) is 0 Å². The predicted octanol–water partition coefficient (Wildman–Crippen LogP) is 1.21. The zero-order valence-electron chi connectivity index (χ0n) is 12.9. The normalized spacial score (nSPS) is 22.8. The number of guanidine groups is 1. The molecule has 0 atom stereocenters. The van der Waals surface area contributed by atoms with Crippen LogP contribution in [0.3, 0.4) is 0 Å². The van der Waals surface area contributed by atoms with Gasteiger partial charge in [-0.1, -0.05) is 19.3 Å². The molecule has 0 amide bonds. The molecule has 1 saturated heterocycles. The van der Waals surface area contributed by atoms with Gasteiger partial charge in [0.1, 0.15) is 0 Å². The second-order valence-electron chi connectivity index (χ2n) is 5.69. The van der Waals surface area contributed by atoms with Gasteiger partial charge in [-0.05, 0) is 19.8 Å². The number of ether oxygens (including phenoxy) is 1. The lowest BCUT2D eigenvalue weighted by Gasteiger charge is -2.27. The van der Waals surface area contributed by atoms with Gasteiger partial charge in [-0.15, -0.1) is 0 Å². The van der Waals surface area contributed by atoms with E-state index in [1.807, 2.05) is 0 Å². The van der Waals surface area contributed by atoms with Crippen molar-refractivity contribution in [3.05, 3.63) is 0 Å². The van der Waals surface area contributed by atoms with Gasteiger partial charge in [0.05, 0.1) is 19.8 Å². The molecule has 1 aliphatic heterocycles. The number of hydrogen-bond donors (Lipinski definition) is 2. The highest BCUT2D eigenvalue weighted by Crippen LogP contribution is 2.17. The van der Waals surface area contributed by atoms with Crippen molar-refractivity contribution >= 4 is 5.96 Å². The molecule has 1 aliphatic carbocycles. The van der Waals surface area contributed by atoms with Crippen molar-refractivity contribution in [1.29, 1.82) is 0 Å². The van der Waals surface area contributed by atoms with Crippen molar-refractivity contribution in [2.24, 2.45) is 4.99 Å². The third-order valence-corrected chi connectivity index (χ3v) is 4.08. The minimum Gasteiger partial charge on any atom is -0.379 e. The van der Waals surface area contributed by atoms with Gasteiger partial charge in [-0.2, -0.15) is 0 Å². The van der Waals surface area contributed by atoms with Crippen LogP contribution < -0.4 is 10.6 Å². The molecule has 0 spiro atoms. The Morgan fingerprint density at radius 2 is 1.95 bits per heavy atom. The minimum absolute atomic E-state index is 0.616. The summed E-state index contributed by atoms with van der Waals surface area (Å²) >= 11 is 0. The van der Waals surface area contributed by atoms with Crippen molar-refractivity contribution in [3.63, 3.8) is 0 Å². The summed E-state index contributed by atoms with van der Waals surface area (Å²) in [6.07, 6.45) is 6.67. The quantitative estimate of drug-likeness (QED) is 0.588. The Kier molecular flexibility index (Phi) is 7.15. The Labute approximate surface area is 123 Å². The average Bonchev–Trinajstić information content (AvgIpc) is 2.49. The van der Waals surface area contributed by atoms with Crippen LogP contribution in [0.25, 0.3) is 0 Å². The number of hydrogen-bond acceptors (Lipinski definition) is 3. The van der Waals surface area contributed by atoms with E-state index in [0.29, 0.717) is 6.04 Å². The second-order valence-corrected chi connectivity index (χ2v) is 5.69. The first-order valence-electron chi connectivity index (χ1n) is 8.23. The lowest BCUT2D eigenvalue weighted by atomic mass is 9.96. The molecule has 2 aliphatic rings. The molecule has 0 unspecified atom stereocenters. The summed E-state index contributed by atoms with van der Waals surface area (Å²) in [7, 11) is 0. The lowest BCUT2D eigenvalue weighted by Crippen LogP contribution is -2.44. The lowest BCUT2D eigenvalue weighted by molar-refractivity contribution is 0.0394. The van der Waals surface area contributed by atoms with Crippen LogP contribution in [-0.2, 0) is 4.74 Å². The molecule has 5 nitrogen and oxygen atoms in total. The summed E-state index contributed by atoms with van der Waals surface area (Å²) in [4.78, 5) is 7.14. The average molecular weight is 282 g/mol. The predicted molar refractivity (Wildman–Crippen MR) is 83.2 cm³/mol. The summed E-state index contributed by atoms with van der Waals surface area (Å²) in [5.41, 5.74) is 0. The van der Waals surface area contributed by atoms with Crippen LogP contribution in [0.2, 0.25) is 0 Å². The molecule has 1 heterocycles. The van der Waals surface area contributed by atoms with Crippen LogP contribution in [-0.4, -0.2) is 62.8 Å². The molecule has 2 rings (SSSR count). The van der Waals surface area contributed by atoms with Crippen molar-refractivity contribution < 1.29 is 4.74 Å². The van der Waals surface area contributed by atoms with Crippen LogP contribution in [0.15, 0.2) is 4.99 Å². The van der Waals surface area contributed by atoms with Gasteiger partial charge in [0.2, 0.25) is 0 Å². The fourth-order valence-electron chi connectivity index (χ4n) is 2.89. The number of rotatable bonds is 5. The molecule has 0 aromatic heterocycles. The molecule has 0 aromatic carbocycles. The van der Waals surface area contributed by atoms with Crippen molar-refractivity contribution in [3.8, 4) is 0 Å². The van der Waals surface area contributed by atoms with E-state index in [2.05, 4.69) is 22.5 Å². The van der Waals surface area contributed by atoms with Crippen LogP contribution in [0, 0.1) is 0 Å². The van der Waals surface area contributed by atoms with Gasteiger partial charge in [0, 0.05) is 32.2 Å². The highest BCUT2D eigenvalue weighted by atomic mass is 16.5. The Morgan fingerprint density at radius 1 is 1.20 bits per heavy atom. The molecule has 0 bridgehead atoms. The first kappa shape index (κ1) is 15.6. The summed E-state index contributed by atoms with van der Waals surface area (Å²) in [6, 6.07) is 0.616. The summed E-state index contributed by atoms with van der Waals surface area (Å²) in [6.45, 7) is 8.77. The molecule has 0 aromatic rings. The fraction of sp³-hybridized carbons (Fsp3) is 0.933. The highest BCUT2D eigenvalue weighted by molar-refractivity contribution is 5.80. The van der Waals surface area contributed by atoms with Crippen LogP contribution in [0.5, 0.6) is 0 Å². The fourth-order valence-corrected chi connectivity index (χ4v) is 2.89. The molecular formula is C15H30N4O. The number of nitrogens with zero attached hydrogens (tertiary/aromatic N) is 2.